The van der Waals surface area contributed by atoms with E-state index in [4.69, 9.17) is 0 Å². The molecule has 0 aliphatic carbocycles. The van der Waals surface area contributed by atoms with Crippen LogP contribution < -0.4 is 9.80 Å². The monoisotopic (exact) mass is 365 g/mol. The van der Waals surface area contributed by atoms with Gasteiger partial charge in [0.1, 0.15) is 0 Å². The first-order valence-corrected chi connectivity index (χ1v) is 10.0. The van der Waals surface area contributed by atoms with E-state index in [1.165, 1.54) is 5.69 Å². The molecular weight excluding hydrogens is 334 g/mol. The van der Waals surface area contributed by atoms with E-state index in [9.17, 15) is 4.79 Å². The fourth-order valence-electron chi connectivity index (χ4n) is 3.82. The van der Waals surface area contributed by atoms with E-state index in [0.717, 1.165) is 44.7 Å². The number of hydrogen-bond donors (Lipinski definition) is 0. The lowest BCUT2D eigenvalue weighted by molar-refractivity contribution is -0.119. The summed E-state index contributed by atoms with van der Waals surface area (Å²) in [6, 6.07) is 21.0. The van der Waals surface area contributed by atoms with Gasteiger partial charge in [-0.3, -0.25) is 4.79 Å². The van der Waals surface area contributed by atoms with Crippen molar-refractivity contribution >= 4 is 17.3 Å². The van der Waals surface area contributed by atoms with Gasteiger partial charge in [-0.05, 0) is 37.1 Å². The molecule has 3 rings (SSSR count). The SMILES string of the molecule is CCC(=O)N(c1ccccc1)C1CCN(CCN(C)c2ccccc2)CC1. The molecule has 27 heavy (non-hydrogen) atoms. The van der Waals surface area contributed by atoms with Crippen LogP contribution in [0.15, 0.2) is 60.7 Å². The summed E-state index contributed by atoms with van der Waals surface area (Å²) < 4.78 is 0. The highest BCUT2D eigenvalue weighted by atomic mass is 16.2. The molecule has 1 fully saturated rings. The zero-order chi connectivity index (χ0) is 19.1. The van der Waals surface area contributed by atoms with Gasteiger partial charge in [-0.15, -0.1) is 0 Å². The van der Waals surface area contributed by atoms with Crippen molar-refractivity contribution in [3.63, 3.8) is 0 Å². The number of likely N-dealkylation sites (N-methyl/N-ethyl adjacent to an activating group) is 1. The number of anilines is 2. The largest absolute Gasteiger partial charge is 0.373 e. The molecule has 0 radical (unpaired) electrons. The van der Waals surface area contributed by atoms with Crippen LogP contribution in [0.2, 0.25) is 0 Å². The van der Waals surface area contributed by atoms with Crippen LogP contribution in [-0.2, 0) is 4.79 Å². The van der Waals surface area contributed by atoms with Crippen molar-refractivity contribution in [2.45, 2.75) is 32.2 Å². The molecule has 0 spiro atoms. The van der Waals surface area contributed by atoms with E-state index in [0.29, 0.717) is 12.5 Å². The quantitative estimate of drug-likeness (QED) is 0.741. The van der Waals surface area contributed by atoms with Crippen molar-refractivity contribution in [3.05, 3.63) is 60.7 Å². The summed E-state index contributed by atoms with van der Waals surface area (Å²) in [5.41, 5.74) is 2.29. The molecule has 2 aromatic carbocycles. The molecule has 0 bridgehead atoms. The van der Waals surface area contributed by atoms with E-state index in [1.54, 1.807) is 0 Å². The van der Waals surface area contributed by atoms with E-state index in [2.05, 4.69) is 59.3 Å². The Morgan fingerprint density at radius 3 is 2.07 bits per heavy atom. The highest BCUT2D eigenvalue weighted by Gasteiger charge is 2.28. The first-order chi connectivity index (χ1) is 13.2. The lowest BCUT2D eigenvalue weighted by Crippen LogP contribution is -2.48. The number of rotatable bonds is 7. The van der Waals surface area contributed by atoms with Crippen LogP contribution in [0.25, 0.3) is 0 Å². The summed E-state index contributed by atoms with van der Waals surface area (Å²) in [7, 11) is 2.15. The van der Waals surface area contributed by atoms with Crippen molar-refractivity contribution < 1.29 is 4.79 Å². The Kier molecular flexibility index (Phi) is 6.88. The van der Waals surface area contributed by atoms with Gasteiger partial charge < -0.3 is 14.7 Å². The third-order valence-electron chi connectivity index (χ3n) is 5.48. The molecule has 0 N–H and O–H groups in total. The fraction of sp³-hybridized carbons (Fsp3) is 0.435. The summed E-state index contributed by atoms with van der Waals surface area (Å²) in [5, 5.41) is 0. The summed E-state index contributed by atoms with van der Waals surface area (Å²) in [6.45, 7) is 6.13. The second kappa shape index (κ2) is 9.56. The summed E-state index contributed by atoms with van der Waals surface area (Å²) in [5.74, 6) is 0.225. The van der Waals surface area contributed by atoms with Crippen molar-refractivity contribution in [2.75, 3.05) is 43.0 Å². The first kappa shape index (κ1) is 19.4. The first-order valence-electron chi connectivity index (χ1n) is 10.0. The Morgan fingerprint density at radius 2 is 1.52 bits per heavy atom. The summed E-state index contributed by atoms with van der Waals surface area (Å²) >= 11 is 0. The number of likely N-dealkylation sites (tertiary alicyclic amines) is 1. The molecule has 0 atom stereocenters. The van der Waals surface area contributed by atoms with E-state index in [-0.39, 0.29) is 5.91 Å². The predicted molar refractivity (Wildman–Crippen MR) is 113 cm³/mol. The molecule has 4 heteroatoms. The Balaban J connectivity index is 1.53. The van der Waals surface area contributed by atoms with Gasteiger partial charge in [-0.25, -0.2) is 0 Å². The Hall–Kier alpha value is -2.33. The number of para-hydroxylation sites is 2. The van der Waals surface area contributed by atoms with Crippen LogP contribution in [0.4, 0.5) is 11.4 Å². The topological polar surface area (TPSA) is 26.8 Å². The maximum absolute atomic E-state index is 12.6. The molecule has 4 nitrogen and oxygen atoms in total. The van der Waals surface area contributed by atoms with Gasteiger partial charge in [0.05, 0.1) is 0 Å². The van der Waals surface area contributed by atoms with E-state index >= 15 is 0 Å². The predicted octanol–water partition coefficient (Wildman–Crippen LogP) is 4.03. The summed E-state index contributed by atoms with van der Waals surface area (Å²) in [4.78, 5) is 19.4. The third-order valence-corrected chi connectivity index (χ3v) is 5.48. The number of piperidine rings is 1. The third kappa shape index (κ3) is 5.10. The highest BCUT2D eigenvalue weighted by molar-refractivity contribution is 5.93. The molecule has 0 saturated carbocycles. The van der Waals surface area contributed by atoms with Crippen LogP contribution in [-0.4, -0.2) is 50.1 Å². The number of carbonyl (C=O) groups excluding carboxylic acids is 1. The molecule has 0 aromatic heterocycles. The molecule has 1 saturated heterocycles. The van der Waals surface area contributed by atoms with Crippen molar-refractivity contribution in [2.24, 2.45) is 0 Å². The molecule has 144 valence electrons. The number of benzene rings is 2. The minimum atomic E-state index is 0.225. The average Bonchev–Trinajstić information content (AvgIpc) is 2.74. The molecule has 1 aliphatic rings. The fourth-order valence-corrected chi connectivity index (χ4v) is 3.82. The second-order valence-electron chi connectivity index (χ2n) is 7.28. The lowest BCUT2D eigenvalue weighted by Gasteiger charge is -2.39. The van der Waals surface area contributed by atoms with Gasteiger partial charge in [0, 0.05) is 57.1 Å². The average molecular weight is 366 g/mol. The maximum atomic E-state index is 12.6. The number of amides is 1. The lowest BCUT2D eigenvalue weighted by atomic mass is 10.0. The van der Waals surface area contributed by atoms with Crippen molar-refractivity contribution in [3.8, 4) is 0 Å². The Labute approximate surface area is 163 Å². The number of nitrogens with zero attached hydrogens (tertiary/aromatic N) is 3. The van der Waals surface area contributed by atoms with Gasteiger partial charge in [-0.1, -0.05) is 43.3 Å². The zero-order valence-corrected chi connectivity index (χ0v) is 16.6. The minimum absolute atomic E-state index is 0.225. The highest BCUT2D eigenvalue weighted by Crippen LogP contribution is 2.24. The molecule has 2 aromatic rings. The Bertz CT molecular complexity index is 696. The Morgan fingerprint density at radius 1 is 0.963 bits per heavy atom. The maximum Gasteiger partial charge on any atom is 0.226 e. The van der Waals surface area contributed by atoms with Crippen LogP contribution in [0.5, 0.6) is 0 Å². The van der Waals surface area contributed by atoms with Crippen LogP contribution >= 0.6 is 0 Å². The zero-order valence-electron chi connectivity index (χ0n) is 16.6. The molecule has 0 unspecified atom stereocenters. The van der Waals surface area contributed by atoms with Crippen LogP contribution in [0.3, 0.4) is 0 Å². The van der Waals surface area contributed by atoms with E-state index in [1.807, 2.05) is 30.0 Å². The molecule has 1 heterocycles. The van der Waals surface area contributed by atoms with Crippen LogP contribution in [0.1, 0.15) is 26.2 Å². The smallest absolute Gasteiger partial charge is 0.226 e. The van der Waals surface area contributed by atoms with Gasteiger partial charge in [0.15, 0.2) is 0 Å². The van der Waals surface area contributed by atoms with E-state index < -0.39 is 0 Å². The summed E-state index contributed by atoms with van der Waals surface area (Å²) in [6.07, 6.45) is 2.63. The van der Waals surface area contributed by atoms with Crippen molar-refractivity contribution in [1.82, 2.24) is 4.90 Å². The standard InChI is InChI=1S/C23H31N3O/c1-3-23(27)26(21-12-8-5-9-13-21)22-14-16-25(17-15-22)19-18-24(2)20-10-6-4-7-11-20/h4-13,22H,3,14-19H2,1-2H3. The second-order valence-corrected chi connectivity index (χ2v) is 7.28. The number of hydrogen-bond acceptors (Lipinski definition) is 3. The van der Waals surface area contributed by atoms with Gasteiger partial charge >= 0.3 is 0 Å². The van der Waals surface area contributed by atoms with Gasteiger partial charge in [0.25, 0.3) is 0 Å². The van der Waals surface area contributed by atoms with Crippen molar-refractivity contribution in [1.29, 1.82) is 0 Å². The molecular formula is C23H31N3O. The number of carbonyl (C=O) groups is 1. The molecule has 1 amide bonds. The normalized spacial score (nSPS) is 15.5. The minimum Gasteiger partial charge on any atom is -0.373 e. The molecule has 1 aliphatic heterocycles. The van der Waals surface area contributed by atoms with Crippen LogP contribution in [0, 0.1) is 0 Å². The van der Waals surface area contributed by atoms with Gasteiger partial charge in [0.2, 0.25) is 5.91 Å². The van der Waals surface area contributed by atoms with Gasteiger partial charge in [-0.2, -0.15) is 0 Å².